The maximum absolute atomic E-state index is 12.7. The van der Waals surface area contributed by atoms with Gasteiger partial charge in [-0.1, -0.05) is 12.1 Å². The number of aromatic nitrogens is 2. The summed E-state index contributed by atoms with van der Waals surface area (Å²) in [5, 5.41) is 0. The van der Waals surface area contributed by atoms with Crippen LogP contribution in [0.5, 0.6) is 0 Å². The number of hydrogen-bond acceptors (Lipinski definition) is 2. The van der Waals surface area contributed by atoms with Crippen molar-refractivity contribution in [1.82, 2.24) is 9.55 Å². The number of H-pyrrole nitrogens is 1. The zero-order valence-corrected chi connectivity index (χ0v) is 9.24. The van der Waals surface area contributed by atoms with Gasteiger partial charge in [0.25, 0.3) is 5.56 Å². The first-order valence-corrected chi connectivity index (χ1v) is 5.11. The van der Waals surface area contributed by atoms with Gasteiger partial charge < -0.3 is 4.98 Å². The van der Waals surface area contributed by atoms with E-state index in [-0.39, 0.29) is 17.9 Å². The molecule has 0 fully saturated rings. The normalized spacial score (nSPS) is 10.5. The van der Waals surface area contributed by atoms with Crippen LogP contribution in [-0.2, 0) is 6.54 Å². The molecular weight excluding hydrogens is 223 g/mol. The molecule has 0 radical (unpaired) electrons. The van der Waals surface area contributed by atoms with Crippen molar-refractivity contribution in [3.63, 3.8) is 0 Å². The highest BCUT2D eigenvalue weighted by molar-refractivity contribution is 5.16. The van der Waals surface area contributed by atoms with E-state index >= 15 is 0 Å². The van der Waals surface area contributed by atoms with Crippen LogP contribution in [0.3, 0.4) is 0 Å². The Bertz CT molecular complexity index is 610. The van der Waals surface area contributed by atoms with E-state index in [0.29, 0.717) is 11.3 Å². The van der Waals surface area contributed by atoms with Crippen LogP contribution in [0.2, 0.25) is 0 Å². The summed E-state index contributed by atoms with van der Waals surface area (Å²) >= 11 is 0. The van der Waals surface area contributed by atoms with Gasteiger partial charge in [0.2, 0.25) is 0 Å². The van der Waals surface area contributed by atoms with Crippen LogP contribution in [0.25, 0.3) is 0 Å². The summed E-state index contributed by atoms with van der Waals surface area (Å²) in [4.78, 5) is 25.7. The Morgan fingerprint density at radius 1 is 1.24 bits per heavy atom. The fourth-order valence-corrected chi connectivity index (χ4v) is 1.56. The first-order chi connectivity index (χ1) is 8.06. The van der Waals surface area contributed by atoms with Gasteiger partial charge in [0.15, 0.2) is 0 Å². The molecule has 0 spiro atoms. The largest absolute Gasteiger partial charge is 0.328 e. The molecule has 2 rings (SSSR count). The Kier molecular flexibility index (Phi) is 2.91. The number of rotatable bonds is 2. The number of hydrogen-bond donors (Lipinski definition) is 1. The summed E-state index contributed by atoms with van der Waals surface area (Å²) in [6, 6.07) is 7.03. The van der Waals surface area contributed by atoms with E-state index in [9.17, 15) is 14.0 Å². The van der Waals surface area contributed by atoms with E-state index in [0.717, 1.165) is 4.57 Å². The van der Waals surface area contributed by atoms with Crippen molar-refractivity contribution in [3.8, 4) is 0 Å². The standard InChI is InChI=1S/C12H11FN2O2/c1-8-6-11(16)15(12(17)14-8)7-9-2-4-10(13)5-3-9/h2-6H,7H2,1H3,(H,14,17). The minimum Gasteiger partial charge on any atom is -0.311 e. The van der Waals surface area contributed by atoms with Gasteiger partial charge in [-0.3, -0.25) is 9.36 Å². The molecule has 1 aromatic carbocycles. The SMILES string of the molecule is Cc1cc(=O)n(Cc2ccc(F)cc2)c(=O)[nH]1. The summed E-state index contributed by atoms with van der Waals surface area (Å²) < 4.78 is 13.8. The molecule has 2 aromatic rings. The summed E-state index contributed by atoms with van der Waals surface area (Å²) in [7, 11) is 0. The van der Waals surface area contributed by atoms with Crippen LogP contribution in [0.1, 0.15) is 11.3 Å². The third kappa shape index (κ3) is 2.50. The number of nitrogens with zero attached hydrogens (tertiary/aromatic N) is 1. The maximum Gasteiger partial charge on any atom is 0.328 e. The van der Waals surface area contributed by atoms with Gasteiger partial charge in [-0.05, 0) is 24.6 Å². The molecule has 5 heteroatoms. The number of aryl methyl sites for hydroxylation is 1. The summed E-state index contributed by atoms with van der Waals surface area (Å²) in [5.41, 5.74) is 0.396. The molecule has 0 aliphatic carbocycles. The minimum absolute atomic E-state index is 0.134. The van der Waals surface area contributed by atoms with Crippen molar-refractivity contribution >= 4 is 0 Å². The highest BCUT2D eigenvalue weighted by Gasteiger charge is 2.03. The Morgan fingerprint density at radius 2 is 1.88 bits per heavy atom. The predicted octanol–water partition coefficient (Wildman–Crippen LogP) is 1.03. The van der Waals surface area contributed by atoms with E-state index in [1.807, 2.05) is 0 Å². The number of benzene rings is 1. The molecule has 0 saturated heterocycles. The molecule has 0 amide bonds. The molecular formula is C12H11FN2O2. The van der Waals surface area contributed by atoms with E-state index in [1.54, 1.807) is 19.1 Å². The summed E-state index contributed by atoms with van der Waals surface area (Å²) in [6.45, 7) is 1.78. The van der Waals surface area contributed by atoms with Gasteiger partial charge in [0.05, 0.1) is 6.54 Å². The van der Waals surface area contributed by atoms with Crippen molar-refractivity contribution < 1.29 is 4.39 Å². The Hall–Kier alpha value is -2.17. The second-order valence-electron chi connectivity index (χ2n) is 3.81. The van der Waals surface area contributed by atoms with E-state index in [2.05, 4.69) is 4.98 Å². The van der Waals surface area contributed by atoms with Gasteiger partial charge in [0.1, 0.15) is 5.82 Å². The van der Waals surface area contributed by atoms with Gasteiger partial charge in [-0.2, -0.15) is 0 Å². The molecule has 17 heavy (non-hydrogen) atoms. The zero-order chi connectivity index (χ0) is 12.4. The second-order valence-corrected chi connectivity index (χ2v) is 3.81. The average molecular weight is 234 g/mol. The summed E-state index contributed by atoms with van der Waals surface area (Å²) in [5.74, 6) is -0.348. The van der Waals surface area contributed by atoms with E-state index in [4.69, 9.17) is 0 Å². The fraction of sp³-hybridized carbons (Fsp3) is 0.167. The third-order valence-corrected chi connectivity index (χ3v) is 2.41. The lowest BCUT2D eigenvalue weighted by molar-refractivity contribution is 0.625. The van der Waals surface area contributed by atoms with Crippen LogP contribution >= 0.6 is 0 Å². The average Bonchev–Trinajstić information content (AvgIpc) is 2.26. The second kappa shape index (κ2) is 4.37. The van der Waals surface area contributed by atoms with E-state index in [1.165, 1.54) is 18.2 Å². The molecule has 0 aliphatic heterocycles. The molecule has 0 saturated carbocycles. The molecule has 4 nitrogen and oxygen atoms in total. The lowest BCUT2D eigenvalue weighted by Crippen LogP contribution is -2.35. The third-order valence-electron chi connectivity index (χ3n) is 2.41. The van der Waals surface area contributed by atoms with Crippen LogP contribution in [0.15, 0.2) is 39.9 Å². The van der Waals surface area contributed by atoms with Crippen LogP contribution in [-0.4, -0.2) is 9.55 Å². The molecule has 88 valence electrons. The zero-order valence-electron chi connectivity index (χ0n) is 9.24. The van der Waals surface area contributed by atoms with Gasteiger partial charge in [-0.25, -0.2) is 9.18 Å². The van der Waals surface area contributed by atoms with Gasteiger partial charge >= 0.3 is 5.69 Å². The van der Waals surface area contributed by atoms with Crippen molar-refractivity contribution in [3.05, 3.63) is 68.2 Å². The van der Waals surface area contributed by atoms with Crippen molar-refractivity contribution in [2.45, 2.75) is 13.5 Å². The van der Waals surface area contributed by atoms with E-state index < -0.39 is 5.69 Å². The first kappa shape index (κ1) is 11.3. The Labute approximate surface area is 96.4 Å². The molecule has 1 aromatic heterocycles. The maximum atomic E-state index is 12.7. The number of halogens is 1. The monoisotopic (exact) mass is 234 g/mol. The highest BCUT2D eigenvalue weighted by Crippen LogP contribution is 2.02. The molecule has 0 bridgehead atoms. The number of aromatic amines is 1. The molecule has 0 aliphatic rings. The number of nitrogens with one attached hydrogen (secondary N) is 1. The molecule has 1 N–H and O–H groups in total. The van der Waals surface area contributed by atoms with Crippen molar-refractivity contribution in [1.29, 1.82) is 0 Å². The smallest absolute Gasteiger partial charge is 0.311 e. The topological polar surface area (TPSA) is 54.9 Å². The summed E-state index contributed by atoms with van der Waals surface area (Å²) in [6.07, 6.45) is 0. The van der Waals surface area contributed by atoms with Crippen LogP contribution in [0, 0.1) is 12.7 Å². The Balaban J connectivity index is 2.40. The minimum atomic E-state index is -0.459. The first-order valence-electron chi connectivity index (χ1n) is 5.11. The van der Waals surface area contributed by atoms with Gasteiger partial charge in [0, 0.05) is 11.8 Å². The quantitative estimate of drug-likeness (QED) is 0.843. The van der Waals surface area contributed by atoms with Crippen molar-refractivity contribution in [2.24, 2.45) is 0 Å². The van der Waals surface area contributed by atoms with Crippen molar-refractivity contribution in [2.75, 3.05) is 0 Å². The van der Waals surface area contributed by atoms with Crippen LogP contribution < -0.4 is 11.2 Å². The molecule has 0 unspecified atom stereocenters. The highest BCUT2D eigenvalue weighted by atomic mass is 19.1. The molecule has 0 atom stereocenters. The fourth-order valence-electron chi connectivity index (χ4n) is 1.56. The Morgan fingerprint density at radius 3 is 2.47 bits per heavy atom. The van der Waals surface area contributed by atoms with Crippen LogP contribution in [0.4, 0.5) is 4.39 Å². The lowest BCUT2D eigenvalue weighted by atomic mass is 10.2. The molecule has 1 heterocycles. The van der Waals surface area contributed by atoms with Gasteiger partial charge in [-0.15, -0.1) is 0 Å². The predicted molar refractivity (Wildman–Crippen MR) is 61.6 cm³/mol. The lowest BCUT2D eigenvalue weighted by Gasteiger charge is -2.04.